The topological polar surface area (TPSA) is 47.3 Å². The zero-order chi connectivity index (χ0) is 17.4. The van der Waals surface area contributed by atoms with E-state index in [0.29, 0.717) is 29.1 Å². The van der Waals surface area contributed by atoms with Gasteiger partial charge < -0.3 is 15.8 Å². The molecule has 1 fully saturated rings. The van der Waals surface area contributed by atoms with Crippen LogP contribution in [0.1, 0.15) is 37.4 Å². The van der Waals surface area contributed by atoms with Gasteiger partial charge in [0.25, 0.3) is 0 Å². The number of allylic oxidation sites excluding steroid dienone is 3. The van der Waals surface area contributed by atoms with E-state index in [-0.39, 0.29) is 24.1 Å². The Hall–Kier alpha value is -1.36. The van der Waals surface area contributed by atoms with Gasteiger partial charge in [0.1, 0.15) is 5.82 Å². The fourth-order valence-electron chi connectivity index (χ4n) is 4.51. The molecule has 5 atom stereocenters. The number of hydrogen-bond donors (Lipinski definition) is 2. The number of ether oxygens (including phenoxy) is 1. The second-order valence-corrected chi connectivity index (χ2v) is 7.67. The van der Waals surface area contributed by atoms with E-state index < -0.39 is 0 Å². The SMILES string of the molecule is NCC[C@H]1CC[C@@H]2[C@H](O1)c1cc(Cl)cc(F)c1N[C@H]2C1C=CC=CC1. The third-order valence-electron chi connectivity index (χ3n) is 5.68. The van der Waals surface area contributed by atoms with E-state index in [4.69, 9.17) is 22.1 Å². The van der Waals surface area contributed by atoms with Gasteiger partial charge in [0.05, 0.1) is 17.9 Å². The summed E-state index contributed by atoms with van der Waals surface area (Å²) in [4.78, 5) is 0. The Bertz CT molecular complexity index is 705. The minimum atomic E-state index is -0.300. The first-order valence-corrected chi connectivity index (χ1v) is 9.49. The average Bonchev–Trinajstić information content (AvgIpc) is 2.62. The van der Waals surface area contributed by atoms with Crippen LogP contribution >= 0.6 is 11.6 Å². The first kappa shape index (κ1) is 17.1. The van der Waals surface area contributed by atoms with Crippen molar-refractivity contribution in [2.45, 2.75) is 43.9 Å². The standard InChI is InChI=1S/C20H24ClFN2O/c21-13-10-16-19(17(22)11-13)24-18(12-4-2-1-3-5-12)15-7-6-14(8-9-23)25-20(15)16/h1-4,10-12,14-15,18,20,24H,5-9,23H2/t12?,14-,15+,18+,20+/m1/s1. The first-order valence-electron chi connectivity index (χ1n) is 9.11. The molecule has 3 aliphatic rings. The smallest absolute Gasteiger partial charge is 0.148 e. The number of benzene rings is 1. The van der Waals surface area contributed by atoms with Crippen LogP contribution in [0.3, 0.4) is 0 Å². The maximum absolute atomic E-state index is 14.6. The summed E-state index contributed by atoms with van der Waals surface area (Å²) < 4.78 is 21.0. The summed E-state index contributed by atoms with van der Waals surface area (Å²) in [7, 11) is 0. The molecule has 134 valence electrons. The molecule has 3 nitrogen and oxygen atoms in total. The van der Waals surface area contributed by atoms with Crippen LogP contribution in [-0.4, -0.2) is 18.7 Å². The number of nitrogens with one attached hydrogen (secondary N) is 1. The highest BCUT2D eigenvalue weighted by molar-refractivity contribution is 6.30. The minimum Gasteiger partial charge on any atom is -0.379 e. The van der Waals surface area contributed by atoms with Gasteiger partial charge in [-0.25, -0.2) is 4.39 Å². The largest absolute Gasteiger partial charge is 0.379 e. The van der Waals surface area contributed by atoms with E-state index in [2.05, 4.69) is 29.6 Å². The third kappa shape index (κ3) is 3.23. The predicted molar refractivity (Wildman–Crippen MR) is 99.2 cm³/mol. The second-order valence-electron chi connectivity index (χ2n) is 7.23. The Morgan fingerprint density at radius 2 is 2.16 bits per heavy atom. The molecule has 0 radical (unpaired) electrons. The van der Waals surface area contributed by atoms with Crippen molar-refractivity contribution >= 4 is 17.3 Å². The molecule has 4 rings (SSSR count). The monoisotopic (exact) mass is 362 g/mol. The molecule has 0 amide bonds. The summed E-state index contributed by atoms with van der Waals surface area (Å²) in [5, 5.41) is 3.90. The molecule has 2 heterocycles. The normalized spacial score (nSPS) is 33.5. The van der Waals surface area contributed by atoms with Crippen LogP contribution in [0.2, 0.25) is 5.02 Å². The van der Waals surface area contributed by atoms with E-state index in [1.54, 1.807) is 0 Å². The van der Waals surface area contributed by atoms with Gasteiger partial charge >= 0.3 is 0 Å². The van der Waals surface area contributed by atoms with Crippen LogP contribution in [0.4, 0.5) is 10.1 Å². The quantitative estimate of drug-likeness (QED) is 0.826. The Morgan fingerprint density at radius 1 is 1.28 bits per heavy atom. The fraction of sp³-hybridized carbons (Fsp3) is 0.500. The lowest BCUT2D eigenvalue weighted by Crippen LogP contribution is -2.47. The molecule has 1 aromatic carbocycles. The summed E-state index contributed by atoms with van der Waals surface area (Å²) in [6.45, 7) is 0.608. The van der Waals surface area contributed by atoms with Gasteiger partial charge in [-0.1, -0.05) is 35.9 Å². The predicted octanol–water partition coefficient (Wildman–Crippen LogP) is 4.59. The highest BCUT2D eigenvalue weighted by atomic mass is 35.5. The fourth-order valence-corrected chi connectivity index (χ4v) is 4.72. The van der Waals surface area contributed by atoms with Gasteiger partial charge in [0.2, 0.25) is 0 Å². The first-order chi connectivity index (χ1) is 12.2. The second kappa shape index (κ2) is 7.10. The summed E-state index contributed by atoms with van der Waals surface area (Å²) in [6, 6.07) is 3.39. The summed E-state index contributed by atoms with van der Waals surface area (Å²) in [5.74, 6) is 0.349. The average molecular weight is 363 g/mol. The van der Waals surface area contributed by atoms with E-state index in [9.17, 15) is 4.39 Å². The van der Waals surface area contributed by atoms with E-state index in [1.165, 1.54) is 6.07 Å². The zero-order valence-electron chi connectivity index (χ0n) is 14.1. The number of fused-ring (bicyclic) bond motifs is 3. The van der Waals surface area contributed by atoms with Gasteiger partial charge in [-0.2, -0.15) is 0 Å². The van der Waals surface area contributed by atoms with Gasteiger partial charge in [-0.15, -0.1) is 0 Å². The Morgan fingerprint density at radius 3 is 2.92 bits per heavy atom. The van der Waals surface area contributed by atoms with Crippen molar-refractivity contribution in [3.05, 3.63) is 52.8 Å². The molecule has 0 aromatic heterocycles. The van der Waals surface area contributed by atoms with Crippen molar-refractivity contribution in [1.82, 2.24) is 0 Å². The summed E-state index contributed by atoms with van der Waals surface area (Å²) >= 11 is 6.13. The van der Waals surface area contributed by atoms with E-state index in [0.717, 1.165) is 31.2 Å². The lowest BCUT2D eigenvalue weighted by Gasteiger charge is -2.47. The lowest BCUT2D eigenvalue weighted by atomic mass is 9.73. The zero-order valence-corrected chi connectivity index (χ0v) is 14.9. The number of hydrogen-bond acceptors (Lipinski definition) is 3. The van der Waals surface area contributed by atoms with Crippen molar-refractivity contribution in [2.24, 2.45) is 17.6 Å². The maximum atomic E-state index is 14.6. The molecule has 1 unspecified atom stereocenters. The molecule has 0 spiro atoms. The van der Waals surface area contributed by atoms with Crippen LogP contribution < -0.4 is 11.1 Å². The van der Waals surface area contributed by atoms with Crippen LogP contribution in [0.15, 0.2) is 36.4 Å². The molecular weight excluding hydrogens is 339 g/mol. The Labute approximate surface area is 153 Å². The molecule has 25 heavy (non-hydrogen) atoms. The number of halogens is 2. The van der Waals surface area contributed by atoms with Crippen LogP contribution in [0.25, 0.3) is 0 Å². The van der Waals surface area contributed by atoms with Crippen molar-refractivity contribution in [3.63, 3.8) is 0 Å². The Balaban J connectivity index is 1.71. The molecule has 1 aliphatic carbocycles. The third-order valence-corrected chi connectivity index (χ3v) is 5.90. The summed E-state index contributed by atoms with van der Waals surface area (Å²) in [5.41, 5.74) is 7.12. The lowest BCUT2D eigenvalue weighted by molar-refractivity contribution is -0.0972. The van der Waals surface area contributed by atoms with Crippen molar-refractivity contribution < 1.29 is 9.13 Å². The molecule has 0 bridgehead atoms. The van der Waals surface area contributed by atoms with Crippen LogP contribution in [0.5, 0.6) is 0 Å². The molecule has 5 heteroatoms. The van der Waals surface area contributed by atoms with Crippen molar-refractivity contribution in [3.8, 4) is 0 Å². The van der Waals surface area contributed by atoms with Gasteiger partial charge in [-0.3, -0.25) is 0 Å². The number of nitrogens with two attached hydrogens (primary N) is 1. The molecular formula is C20H24ClFN2O. The number of anilines is 1. The maximum Gasteiger partial charge on any atom is 0.148 e. The van der Waals surface area contributed by atoms with E-state index >= 15 is 0 Å². The number of rotatable bonds is 3. The van der Waals surface area contributed by atoms with Gasteiger partial charge in [0, 0.05) is 28.5 Å². The van der Waals surface area contributed by atoms with Crippen molar-refractivity contribution in [1.29, 1.82) is 0 Å². The molecule has 2 aliphatic heterocycles. The van der Waals surface area contributed by atoms with Gasteiger partial charge in [-0.05, 0) is 44.4 Å². The van der Waals surface area contributed by atoms with Crippen LogP contribution in [0, 0.1) is 17.7 Å². The minimum absolute atomic E-state index is 0.126. The summed E-state index contributed by atoms with van der Waals surface area (Å²) in [6.07, 6.45) is 12.4. The van der Waals surface area contributed by atoms with E-state index in [1.807, 2.05) is 6.07 Å². The molecule has 1 saturated heterocycles. The van der Waals surface area contributed by atoms with Crippen molar-refractivity contribution in [2.75, 3.05) is 11.9 Å². The molecule has 3 N–H and O–H groups in total. The highest BCUT2D eigenvalue weighted by Crippen LogP contribution is 2.49. The molecule has 1 aromatic rings. The highest BCUT2D eigenvalue weighted by Gasteiger charge is 2.44. The molecule has 0 saturated carbocycles. The Kier molecular flexibility index (Phi) is 4.85. The van der Waals surface area contributed by atoms with Crippen LogP contribution in [-0.2, 0) is 4.74 Å². The van der Waals surface area contributed by atoms with Gasteiger partial charge in [0.15, 0.2) is 0 Å².